The van der Waals surface area contributed by atoms with Crippen molar-refractivity contribution >= 4 is 11.5 Å². The number of piperazine rings is 1. The van der Waals surface area contributed by atoms with Crippen LogP contribution in [0.4, 0.5) is 11.5 Å². The van der Waals surface area contributed by atoms with Crippen molar-refractivity contribution in [3.05, 3.63) is 18.3 Å². The number of nitrogen functional groups attached to an aromatic ring is 1. The Hall–Kier alpha value is -1.80. The third kappa shape index (κ3) is 2.70. The first-order valence-corrected chi connectivity index (χ1v) is 7.27. The van der Waals surface area contributed by atoms with Crippen LogP contribution in [0.3, 0.4) is 0 Å². The molecular formula is C15H21N5. The Bertz CT molecular complexity index is 509. The summed E-state index contributed by atoms with van der Waals surface area (Å²) in [5, 5.41) is 8.89. The smallest absolute Gasteiger partial charge is 0.151 e. The van der Waals surface area contributed by atoms with Gasteiger partial charge in [-0.05, 0) is 30.4 Å². The number of hydrogen-bond acceptors (Lipinski definition) is 5. The van der Waals surface area contributed by atoms with Crippen molar-refractivity contribution in [3.8, 4) is 6.07 Å². The lowest BCUT2D eigenvalue weighted by Crippen LogP contribution is -2.48. The zero-order valence-corrected chi connectivity index (χ0v) is 11.8. The zero-order valence-electron chi connectivity index (χ0n) is 11.8. The first-order valence-electron chi connectivity index (χ1n) is 7.27. The second kappa shape index (κ2) is 5.29. The minimum Gasteiger partial charge on any atom is -0.396 e. The molecule has 106 valence electrons. The van der Waals surface area contributed by atoms with Crippen LogP contribution >= 0.6 is 0 Å². The van der Waals surface area contributed by atoms with Crippen molar-refractivity contribution < 1.29 is 0 Å². The van der Waals surface area contributed by atoms with E-state index in [0.29, 0.717) is 11.8 Å². The summed E-state index contributed by atoms with van der Waals surface area (Å²) >= 11 is 0. The van der Waals surface area contributed by atoms with Crippen LogP contribution in [0, 0.1) is 16.7 Å². The highest BCUT2D eigenvalue weighted by Gasteiger charge is 2.43. The summed E-state index contributed by atoms with van der Waals surface area (Å²) in [7, 11) is 0. The lowest BCUT2D eigenvalue weighted by atomic mass is 10.0. The fourth-order valence-electron chi connectivity index (χ4n) is 3.00. The van der Waals surface area contributed by atoms with Crippen LogP contribution < -0.4 is 10.6 Å². The number of nitriles is 1. The number of nitrogens with two attached hydrogens (primary N) is 1. The molecule has 0 atom stereocenters. The SMILES string of the molecule is N#CCC1(CN2CCN(c3ncccc3N)CC2)CC1. The van der Waals surface area contributed by atoms with E-state index < -0.39 is 0 Å². The van der Waals surface area contributed by atoms with Crippen molar-refractivity contribution in [1.29, 1.82) is 5.26 Å². The summed E-state index contributed by atoms with van der Waals surface area (Å²) in [5.41, 5.74) is 7.04. The maximum absolute atomic E-state index is 8.89. The summed E-state index contributed by atoms with van der Waals surface area (Å²) in [6, 6.07) is 6.11. The molecule has 0 unspecified atom stereocenters. The standard InChI is InChI=1S/C15H21N5/c16-6-5-15(3-4-15)12-19-8-10-20(11-9-19)14-13(17)2-1-7-18-14/h1-2,7H,3-5,8-12,17H2. The number of rotatable bonds is 4. The number of pyridine rings is 1. The van der Waals surface area contributed by atoms with Gasteiger partial charge < -0.3 is 10.6 Å². The molecule has 1 aliphatic carbocycles. The minimum absolute atomic E-state index is 0.306. The third-order valence-corrected chi connectivity index (χ3v) is 4.46. The lowest BCUT2D eigenvalue weighted by Gasteiger charge is -2.37. The molecule has 0 radical (unpaired) electrons. The predicted octanol–water partition coefficient (Wildman–Crippen LogP) is 1.48. The number of anilines is 2. The molecule has 0 bridgehead atoms. The molecule has 1 aliphatic heterocycles. The second-order valence-corrected chi connectivity index (χ2v) is 6.01. The second-order valence-electron chi connectivity index (χ2n) is 6.01. The van der Waals surface area contributed by atoms with Crippen molar-refractivity contribution in [1.82, 2.24) is 9.88 Å². The van der Waals surface area contributed by atoms with E-state index in [-0.39, 0.29) is 0 Å². The van der Waals surface area contributed by atoms with Gasteiger partial charge in [0.05, 0.1) is 11.8 Å². The van der Waals surface area contributed by atoms with Gasteiger partial charge in [0.2, 0.25) is 0 Å². The first kappa shape index (κ1) is 13.2. The van der Waals surface area contributed by atoms with Crippen LogP contribution in [-0.2, 0) is 0 Å². The van der Waals surface area contributed by atoms with Crippen molar-refractivity contribution in [2.45, 2.75) is 19.3 Å². The zero-order chi connectivity index (χ0) is 14.0. The first-order chi connectivity index (χ1) is 9.72. The molecule has 5 nitrogen and oxygen atoms in total. The van der Waals surface area contributed by atoms with Gasteiger partial charge in [-0.25, -0.2) is 4.98 Å². The molecule has 1 saturated heterocycles. The third-order valence-electron chi connectivity index (χ3n) is 4.46. The quantitative estimate of drug-likeness (QED) is 0.898. The highest BCUT2D eigenvalue weighted by atomic mass is 15.3. The average Bonchev–Trinajstić information content (AvgIpc) is 3.20. The normalized spacial score (nSPS) is 21.4. The molecule has 1 saturated carbocycles. The predicted molar refractivity (Wildman–Crippen MR) is 79.2 cm³/mol. The van der Waals surface area contributed by atoms with Crippen LogP contribution in [0.15, 0.2) is 18.3 Å². The Morgan fingerprint density at radius 3 is 2.65 bits per heavy atom. The molecule has 2 aliphatic rings. The van der Waals surface area contributed by atoms with Gasteiger partial charge in [-0.1, -0.05) is 0 Å². The lowest BCUT2D eigenvalue weighted by molar-refractivity contribution is 0.209. The van der Waals surface area contributed by atoms with E-state index in [1.165, 1.54) is 12.8 Å². The van der Waals surface area contributed by atoms with Crippen LogP contribution in [0.2, 0.25) is 0 Å². The fraction of sp³-hybridized carbons (Fsp3) is 0.600. The van der Waals surface area contributed by atoms with E-state index in [2.05, 4.69) is 20.9 Å². The van der Waals surface area contributed by atoms with E-state index in [9.17, 15) is 0 Å². The van der Waals surface area contributed by atoms with Gasteiger partial charge in [0, 0.05) is 45.3 Å². The van der Waals surface area contributed by atoms with E-state index in [1.807, 2.05) is 12.1 Å². The van der Waals surface area contributed by atoms with Gasteiger partial charge in [-0.2, -0.15) is 5.26 Å². The van der Waals surface area contributed by atoms with Crippen molar-refractivity contribution in [3.63, 3.8) is 0 Å². The Balaban J connectivity index is 1.55. The molecular weight excluding hydrogens is 250 g/mol. The molecule has 1 aromatic rings. The summed E-state index contributed by atoms with van der Waals surface area (Å²) in [6.45, 7) is 5.06. The molecule has 20 heavy (non-hydrogen) atoms. The van der Waals surface area contributed by atoms with Gasteiger partial charge in [0.15, 0.2) is 5.82 Å². The van der Waals surface area contributed by atoms with Crippen LogP contribution in [0.5, 0.6) is 0 Å². The van der Waals surface area contributed by atoms with E-state index in [0.717, 1.165) is 44.2 Å². The Morgan fingerprint density at radius 1 is 1.30 bits per heavy atom. The molecule has 1 aromatic heterocycles. The highest BCUT2D eigenvalue weighted by molar-refractivity contribution is 5.62. The van der Waals surface area contributed by atoms with E-state index >= 15 is 0 Å². The van der Waals surface area contributed by atoms with Crippen LogP contribution in [0.1, 0.15) is 19.3 Å². The van der Waals surface area contributed by atoms with Crippen LogP contribution in [-0.4, -0.2) is 42.6 Å². The molecule has 0 aromatic carbocycles. The average molecular weight is 271 g/mol. The van der Waals surface area contributed by atoms with Crippen molar-refractivity contribution in [2.24, 2.45) is 5.41 Å². The maximum atomic E-state index is 8.89. The molecule has 5 heteroatoms. The minimum atomic E-state index is 0.306. The maximum Gasteiger partial charge on any atom is 0.151 e. The van der Waals surface area contributed by atoms with Crippen LogP contribution in [0.25, 0.3) is 0 Å². The fourth-order valence-corrected chi connectivity index (χ4v) is 3.00. The Kier molecular flexibility index (Phi) is 3.49. The molecule has 0 spiro atoms. The molecule has 3 rings (SSSR count). The Labute approximate surface area is 120 Å². The molecule has 0 amide bonds. The van der Waals surface area contributed by atoms with E-state index in [1.54, 1.807) is 6.20 Å². The van der Waals surface area contributed by atoms with Crippen molar-refractivity contribution in [2.75, 3.05) is 43.4 Å². The number of hydrogen-bond donors (Lipinski definition) is 1. The summed E-state index contributed by atoms with van der Waals surface area (Å²) in [5.74, 6) is 0.908. The summed E-state index contributed by atoms with van der Waals surface area (Å²) in [4.78, 5) is 9.13. The summed E-state index contributed by atoms with van der Waals surface area (Å²) in [6.07, 6.45) is 4.94. The van der Waals surface area contributed by atoms with Gasteiger partial charge in [-0.3, -0.25) is 4.90 Å². The number of nitrogens with zero attached hydrogens (tertiary/aromatic N) is 4. The summed E-state index contributed by atoms with van der Waals surface area (Å²) < 4.78 is 0. The van der Waals surface area contributed by atoms with Gasteiger partial charge >= 0.3 is 0 Å². The monoisotopic (exact) mass is 271 g/mol. The molecule has 2 N–H and O–H groups in total. The highest BCUT2D eigenvalue weighted by Crippen LogP contribution is 2.49. The topological polar surface area (TPSA) is 69.2 Å². The van der Waals surface area contributed by atoms with Gasteiger partial charge in [0.25, 0.3) is 0 Å². The number of aromatic nitrogens is 1. The Morgan fingerprint density at radius 2 is 2.05 bits per heavy atom. The van der Waals surface area contributed by atoms with Gasteiger partial charge in [0.1, 0.15) is 0 Å². The largest absolute Gasteiger partial charge is 0.396 e. The van der Waals surface area contributed by atoms with Gasteiger partial charge in [-0.15, -0.1) is 0 Å². The van der Waals surface area contributed by atoms with E-state index in [4.69, 9.17) is 11.0 Å². The molecule has 2 heterocycles. The molecule has 2 fully saturated rings.